The number of carbonyl (C=O) groups is 2. The van der Waals surface area contributed by atoms with Crippen LogP contribution >= 0.6 is 0 Å². The molecular formula is C19H22O5. The van der Waals surface area contributed by atoms with E-state index in [-0.39, 0.29) is 19.4 Å². The molecule has 24 heavy (non-hydrogen) atoms. The van der Waals surface area contributed by atoms with Gasteiger partial charge in [-0.25, -0.2) is 0 Å². The maximum Gasteiger partial charge on any atom is 0.307 e. The number of aryl methyl sites for hydroxylation is 1. The summed E-state index contributed by atoms with van der Waals surface area (Å²) in [5, 5.41) is 25.6. The van der Waals surface area contributed by atoms with Crippen molar-refractivity contribution in [3.05, 3.63) is 70.8 Å². The Kier molecular flexibility index (Phi) is 8.22. The number of aliphatic hydroxyl groups excluding tert-OH is 1. The molecule has 0 fully saturated rings. The fourth-order valence-corrected chi connectivity index (χ4v) is 2.00. The lowest BCUT2D eigenvalue weighted by atomic mass is 10.1. The molecule has 2 rings (SSSR count). The minimum absolute atomic E-state index is 0.00660. The normalized spacial score (nSPS) is 9.75. The number of hydrogen-bond acceptors (Lipinski definition) is 3. The molecule has 0 atom stereocenters. The highest BCUT2D eigenvalue weighted by Gasteiger charge is 1.99. The molecule has 0 radical (unpaired) electrons. The van der Waals surface area contributed by atoms with E-state index in [1.807, 2.05) is 24.3 Å². The summed E-state index contributed by atoms with van der Waals surface area (Å²) >= 11 is 0. The number of rotatable bonds is 6. The molecule has 0 unspecified atom stereocenters. The van der Waals surface area contributed by atoms with Crippen LogP contribution < -0.4 is 0 Å². The van der Waals surface area contributed by atoms with Gasteiger partial charge in [-0.1, -0.05) is 55.5 Å². The van der Waals surface area contributed by atoms with Gasteiger partial charge in [-0.2, -0.15) is 0 Å². The molecule has 128 valence electrons. The second kappa shape index (κ2) is 10.2. The number of hydrogen-bond donors (Lipinski definition) is 3. The first-order valence-corrected chi connectivity index (χ1v) is 7.64. The van der Waals surface area contributed by atoms with Gasteiger partial charge in [0.25, 0.3) is 0 Å². The van der Waals surface area contributed by atoms with E-state index in [9.17, 15) is 9.59 Å². The molecular weight excluding hydrogens is 308 g/mol. The van der Waals surface area contributed by atoms with E-state index >= 15 is 0 Å². The number of benzene rings is 2. The van der Waals surface area contributed by atoms with Crippen molar-refractivity contribution in [2.75, 3.05) is 0 Å². The summed E-state index contributed by atoms with van der Waals surface area (Å²) in [6.07, 6.45) is 1.14. The van der Waals surface area contributed by atoms with Gasteiger partial charge >= 0.3 is 11.9 Å². The first-order valence-electron chi connectivity index (χ1n) is 7.64. The molecule has 0 heterocycles. The molecule has 2 aromatic rings. The topological polar surface area (TPSA) is 94.8 Å². The van der Waals surface area contributed by atoms with Crippen LogP contribution in [0.5, 0.6) is 0 Å². The fourth-order valence-electron chi connectivity index (χ4n) is 2.00. The van der Waals surface area contributed by atoms with Gasteiger partial charge in [0.2, 0.25) is 0 Å². The van der Waals surface area contributed by atoms with Crippen molar-refractivity contribution in [1.82, 2.24) is 0 Å². The van der Waals surface area contributed by atoms with E-state index in [1.54, 1.807) is 24.3 Å². The second-order valence-corrected chi connectivity index (χ2v) is 5.29. The van der Waals surface area contributed by atoms with Crippen LogP contribution in [0.1, 0.15) is 29.2 Å². The molecule has 0 aliphatic carbocycles. The minimum atomic E-state index is -0.841. The van der Waals surface area contributed by atoms with Gasteiger partial charge in [0.05, 0.1) is 19.4 Å². The van der Waals surface area contributed by atoms with Gasteiger partial charge in [0, 0.05) is 0 Å². The Bertz CT molecular complexity index is 585. The molecule has 3 N–H and O–H groups in total. The molecule has 5 nitrogen and oxygen atoms in total. The lowest BCUT2D eigenvalue weighted by Gasteiger charge is -1.98. The van der Waals surface area contributed by atoms with Crippen LogP contribution in [0.25, 0.3) is 0 Å². The number of carboxylic acid groups (broad SMARTS) is 2. The van der Waals surface area contributed by atoms with Crippen molar-refractivity contribution in [2.24, 2.45) is 0 Å². The zero-order valence-corrected chi connectivity index (χ0v) is 13.6. The van der Waals surface area contributed by atoms with E-state index in [0.717, 1.165) is 23.1 Å². The standard InChI is InChI=1S/C10H12O2.C9H10O3/c1-2-8-3-5-9(6-4-8)7-10(11)12;10-6-8-3-1-7(2-4-8)5-9(11)12/h3-6H,2,7H2,1H3,(H,11,12);1-4,10H,5-6H2,(H,11,12). The maximum atomic E-state index is 10.3. The predicted molar refractivity (Wildman–Crippen MR) is 90.9 cm³/mol. The quantitative estimate of drug-likeness (QED) is 0.757. The second-order valence-electron chi connectivity index (χ2n) is 5.29. The monoisotopic (exact) mass is 330 g/mol. The van der Waals surface area contributed by atoms with Gasteiger partial charge in [-0.3, -0.25) is 9.59 Å². The molecule has 0 amide bonds. The Morgan fingerprint density at radius 3 is 1.33 bits per heavy atom. The van der Waals surface area contributed by atoms with Crippen LogP contribution in [0.3, 0.4) is 0 Å². The third-order valence-corrected chi connectivity index (χ3v) is 3.35. The van der Waals surface area contributed by atoms with Crippen molar-refractivity contribution in [1.29, 1.82) is 0 Å². The Balaban J connectivity index is 0.000000240. The summed E-state index contributed by atoms with van der Waals surface area (Å²) in [6, 6.07) is 14.5. The van der Waals surface area contributed by atoms with E-state index in [0.29, 0.717) is 0 Å². The number of carboxylic acids is 2. The average Bonchev–Trinajstić information content (AvgIpc) is 2.56. The Morgan fingerprint density at radius 2 is 1.04 bits per heavy atom. The predicted octanol–water partition coefficient (Wildman–Crippen LogP) is 2.68. The van der Waals surface area contributed by atoms with Crippen LogP contribution in [0.15, 0.2) is 48.5 Å². The molecule has 0 bridgehead atoms. The first kappa shape index (κ1) is 19.4. The number of aliphatic hydroxyl groups is 1. The van der Waals surface area contributed by atoms with E-state index in [4.69, 9.17) is 15.3 Å². The molecule has 0 aliphatic heterocycles. The molecule has 5 heteroatoms. The molecule has 0 aliphatic rings. The maximum absolute atomic E-state index is 10.3. The zero-order valence-electron chi connectivity index (χ0n) is 13.6. The van der Waals surface area contributed by atoms with Crippen molar-refractivity contribution < 1.29 is 24.9 Å². The SMILES string of the molecule is CCc1ccc(CC(=O)O)cc1.O=C(O)Cc1ccc(CO)cc1. The largest absolute Gasteiger partial charge is 0.481 e. The summed E-state index contributed by atoms with van der Waals surface area (Å²) in [6.45, 7) is 2.07. The average molecular weight is 330 g/mol. The van der Waals surface area contributed by atoms with Crippen LogP contribution in [0, 0.1) is 0 Å². The first-order chi connectivity index (χ1) is 11.4. The Hall–Kier alpha value is -2.66. The highest BCUT2D eigenvalue weighted by Crippen LogP contribution is 2.06. The third kappa shape index (κ3) is 7.56. The van der Waals surface area contributed by atoms with Gasteiger partial charge in [0.1, 0.15) is 0 Å². The summed E-state index contributed by atoms with van der Waals surface area (Å²) < 4.78 is 0. The van der Waals surface area contributed by atoms with Crippen LogP contribution in [-0.2, 0) is 35.5 Å². The molecule has 0 saturated heterocycles. The van der Waals surface area contributed by atoms with E-state index in [1.165, 1.54) is 5.56 Å². The van der Waals surface area contributed by atoms with E-state index in [2.05, 4.69) is 6.92 Å². The third-order valence-electron chi connectivity index (χ3n) is 3.35. The Morgan fingerprint density at radius 1 is 0.708 bits per heavy atom. The van der Waals surface area contributed by atoms with Crippen molar-refractivity contribution in [3.63, 3.8) is 0 Å². The van der Waals surface area contributed by atoms with Crippen LogP contribution in [0.2, 0.25) is 0 Å². The van der Waals surface area contributed by atoms with E-state index < -0.39 is 11.9 Å². The summed E-state index contributed by atoms with van der Waals surface area (Å²) in [4.78, 5) is 20.6. The van der Waals surface area contributed by atoms with Crippen LogP contribution in [0.4, 0.5) is 0 Å². The van der Waals surface area contributed by atoms with Crippen molar-refractivity contribution >= 4 is 11.9 Å². The highest BCUT2D eigenvalue weighted by atomic mass is 16.4. The van der Waals surface area contributed by atoms with Crippen molar-refractivity contribution in [2.45, 2.75) is 32.8 Å². The highest BCUT2D eigenvalue weighted by molar-refractivity contribution is 5.70. The fraction of sp³-hybridized carbons (Fsp3) is 0.263. The summed E-state index contributed by atoms with van der Waals surface area (Å²) in [7, 11) is 0. The molecule has 2 aromatic carbocycles. The Labute approximate surface area is 141 Å². The molecule has 0 aromatic heterocycles. The van der Waals surface area contributed by atoms with Gasteiger partial charge in [-0.15, -0.1) is 0 Å². The smallest absolute Gasteiger partial charge is 0.307 e. The van der Waals surface area contributed by atoms with Gasteiger partial charge in [0.15, 0.2) is 0 Å². The lowest BCUT2D eigenvalue weighted by Crippen LogP contribution is -1.99. The number of aliphatic carboxylic acids is 2. The van der Waals surface area contributed by atoms with Crippen LogP contribution in [-0.4, -0.2) is 27.3 Å². The zero-order chi connectivity index (χ0) is 17.9. The lowest BCUT2D eigenvalue weighted by molar-refractivity contribution is -0.137. The minimum Gasteiger partial charge on any atom is -0.481 e. The van der Waals surface area contributed by atoms with Gasteiger partial charge in [-0.05, 0) is 28.7 Å². The summed E-state index contributed by atoms with van der Waals surface area (Å²) in [5.74, 6) is -1.62. The van der Waals surface area contributed by atoms with Gasteiger partial charge < -0.3 is 15.3 Å². The summed E-state index contributed by atoms with van der Waals surface area (Å²) in [5.41, 5.74) is 3.65. The molecule has 0 saturated carbocycles. The van der Waals surface area contributed by atoms with Crippen molar-refractivity contribution in [3.8, 4) is 0 Å². The molecule has 0 spiro atoms.